The van der Waals surface area contributed by atoms with Gasteiger partial charge in [-0.05, 0) is 43.4 Å². The zero-order valence-corrected chi connectivity index (χ0v) is 23.9. The smallest absolute Gasteiger partial charge is 0.434 e. The number of likely N-dealkylation sites (N-methyl/N-ethyl adjacent to an activating group) is 1. The Kier molecular flexibility index (Phi) is 14.7. The fourth-order valence-corrected chi connectivity index (χ4v) is 4.47. The first-order valence-corrected chi connectivity index (χ1v) is 14.0. The van der Waals surface area contributed by atoms with Crippen LogP contribution in [0.4, 0.5) is 9.59 Å². The summed E-state index contributed by atoms with van der Waals surface area (Å²) in [6.45, 7) is 2.35. The Hall–Kier alpha value is -3.47. The second-order valence-corrected chi connectivity index (χ2v) is 10.1. The van der Waals surface area contributed by atoms with Gasteiger partial charge in [-0.1, -0.05) is 55.8 Å². The highest BCUT2D eigenvalue weighted by atomic mass is 35.5. The first-order valence-electron chi connectivity index (χ1n) is 13.6. The summed E-state index contributed by atoms with van der Waals surface area (Å²) < 4.78 is 10.2. The van der Waals surface area contributed by atoms with E-state index in [4.69, 9.17) is 21.1 Å². The first kappa shape index (κ1) is 32.7. The predicted molar refractivity (Wildman–Crippen MR) is 150 cm³/mol. The van der Waals surface area contributed by atoms with Crippen molar-refractivity contribution in [1.82, 2.24) is 15.5 Å². The SMILES string of the molecule is CCNC(=O)OCCN(C)C(=O)CC[C@@H](C=O)NC(=O)C(CC1CCCCC1)=NC(=O)OCc1cccc(Cl)c1. The predicted octanol–water partition coefficient (Wildman–Crippen LogP) is 4.06. The standard InChI is InChI=1S/C28H39ClN4O7/c1-3-30-27(37)39-15-14-33(2)25(35)13-12-23(18-34)31-26(36)24(17-20-8-5-4-6-9-20)32-28(38)40-19-21-10-7-11-22(29)16-21/h7,10-11,16,18,20,23H,3-6,8-9,12-15,17,19H2,1-2H3,(H,30,37)(H,31,36)/t23-/m0/s1. The fraction of sp³-hybridized carbons (Fsp3) is 0.571. The van der Waals surface area contributed by atoms with Crippen molar-refractivity contribution >= 4 is 47.6 Å². The average Bonchev–Trinajstić information content (AvgIpc) is 2.94. The molecule has 0 spiro atoms. The average molecular weight is 579 g/mol. The number of nitrogens with zero attached hydrogens (tertiary/aromatic N) is 2. The number of nitrogens with one attached hydrogen (secondary N) is 2. The molecule has 40 heavy (non-hydrogen) atoms. The molecule has 1 aliphatic carbocycles. The van der Waals surface area contributed by atoms with Gasteiger partial charge in [-0.15, -0.1) is 0 Å². The lowest BCUT2D eigenvalue weighted by Gasteiger charge is -2.22. The van der Waals surface area contributed by atoms with Crippen molar-refractivity contribution in [3.8, 4) is 0 Å². The molecule has 0 heterocycles. The minimum absolute atomic E-state index is 0.000735. The molecular formula is C28H39ClN4O7. The van der Waals surface area contributed by atoms with E-state index in [2.05, 4.69) is 15.6 Å². The van der Waals surface area contributed by atoms with E-state index in [1.165, 1.54) is 4.90 Å². The van der Waals surface area contributed by atoms with Crippen molar-refractivity contribution in [3.63, 3.8) is 0 Å². The Morgan fingerprint density at radius 3 is 2.60 bits per heavy atom. The third kappa shape index (κ3) is 12.6. The summed E-state index contributed by atoms with van der Waals surface area (Å²) >= 11 is 5.97. The Labute approximate surface area is 240 Å². The number of rotatable bonds is 14. The molecular weight excluding hydrogens is 540 g/mol. The number of benzene rings is 1. The van der Waals surface area contributed by atoms with Crippen molar-refractivity contribution < 1.29 is 33.4 Å². The Balaban J connectivity index is 1.94. The van der Waals surface area contributed by atoms with Crippen molar-refractivity contribution in [2.75, 3.05) is 26.7 Å². The van der Waals surface area contributed by atoms with Gasteiger partial charge < -0.3 is 29.8 Å². The highest BCUT2D eigenvalue weighted by molar-refractivity contribution is 6.40. The van der Waals surface area contributed by atoms with Crippen molar-refractivity contribution in [2.45, 2.75) is 70.9 Å². The molecule has 0 saturated heterocycles. The molecule has 1 atom stereocenters. The minimum atomic E-state index is -0.949. The normalized spacial score (nSPS) is 14.5. The van der Waals surface area contributed by atoms with E-state index >= 15 is 0 Å². The van der Waals surface area contributed by atoms with E-state index in [-0.39, 0.29) is 56.6 Å². The fourth-order valence-electron chi connectivity index (χ4n) is 4.26. The number of ether oxygens (including phenoxy) is 2. The van der Waals surface area contributed by atoms with Crippen molar-refractivity contribution in [1.29, 1.82) is 0 Å². The lowest BCUT2D eigenvalue weighted by Crippen LogP contribution is -2.42. The van der Waals surface area contributed by atoms with Gasteiger partial charge in [0, 0.05) is 25.0 Å². The van der Waals surface area contributed by atoms with Gasteiger partial charge in [-0.25, -0.2) is 9.59 Å². The molecule has 12 heteroatoms. The van der Waals surface area contributed by atoms with Gasteiger partial charge in [-0.2, -0.15) is 4.99 Å². The number of amides is 4. The first-order chi connectivity index (χ1) is 19.2. The summed E-state index contributed by atoms with van der Waals surface area (Å²) in [6, 6.07) is 5.91. The van der Waals surface area contributed by atoms with Gasteiger partial charge in [0.2, 0.25) is 5.91 Å². The molecule has 1 aromatic rings. The van der Waals surface area contributed by atoms with E-state index in [1.54, 1.807) is 38.2 Å². The van der Waals surface area contributed by atoms with Crippen LogP contribution in [0.3, 0.4) is 0 Å². The number of halogens is 1. The van der Waals surface area contributed by atoms with Crippen LogP contribution in [0.2, 0.25) is 5.02 Å². The van der Waals surface area contributed by atoms with E-state index in [1.807, 2.05) is 0 Å². The van der Waals surface area contributed by atoms with Crippen molar-refractivity contribution in [2.24, 2.45) is 10.9 Å². The Morgan fingerprint density at radius 1 is 1.18 bits per heavy atom. The van der Waals surface area contributed by atoms with E-state index < -0.39 is 24.1 Å². The highest BCUT2D eigenvalue weighted by Gasteiger charge is 2.24. The molecule has 0 aliphatic heterocycles. The molecule has 0 radical (unpaired) electrons. The van der Waals surface area contributed by atoms with Crippen LogP contribution in [-0.2, 0) is 30.5 Å². The van der Waals surface area contributed by atoms with E-state index in [9.17, 15) is 24.0 Å². The molecule has 0 unspecified atom stereocenters. The molecule has 1 fully saturated rings. The highest BCUT2D eigenvalue weighted by Crippen LogP contribution is 2.27. The molecule has 2 rings (SSSR count). The van der Waals surface area contributed by atoms with Gasteiger partial charge in [0.15, 0.2) is 0 Å². The summed E-state index contributed by atoms with van der Waals surface area (Å²) in [5, 5.41) is 5.59. The van der Waals surface area contributed by atoms with Crippen LogP contribution in [0.5, 0.6) is 0 Å². The number of alkyl carbamates (subject to hydrolysis) is 1. The second-order valence-electron chi connectivity index (χ2n) is 9.69. The topological polar surface area (TPSA) is 143 Å². The summed E-state index contributed by atoms with van der Waals surface area (Å²) in [7, 11) is 1.56. The molecule has 4 amide bonds. The summed E-state index contributed by atoms with van der Waals surface area (Å²) in [6.07, 6.45) is 4.47. The van der Waals surface area contributed by atoms with Crippen LogP contribution in [0, 0.1) is 5.92 Å². The maximum Gasteiger partial charge on any atom is 0.434 e. The summed E-state index contributed by atoms with van der Waals surface area (Å²) in [4.78, 5) is 66.4. The van der Waals surface area contributed by atoms with Gasteiger partial charge in [0.1, 0.15) is 25.2 Å². The molecule has 1 aliphatic rings. The Bertz CT molecular complexity index is 1040. The maximum absolute atomic E-state index is 13.1. The zero-order chi connectivity index (χ0) is 29.3. The maximum atomic E-state index is 13.1. The number of carbonyl (C=O) groups excluding carboxylic acids is 5. The van der Waals surface area contributed by atoms with Crippen LogP contribution in [0.15, 0.2) is 29.3 Å². The van der Waals surface area contributed by atoms with Gasteiger partial charge >= 0.3 is 12.2 Å². The van der Waals surface area contributed by atoms with Crippen LogP contribution in [-0.4, -0.2) is 73.7 Å². The number of carbonyl (C=O) groups is 5. The van der Waals surface area contributed by atoms with Gasteiger partial charge in [-0.3, -0.25) is 9.59 Å². The number of hydrogen-bond donors (Lipinski definition) is 2. The van der Waals surface area contributed by atoms with Gasteiger partial charge in [0.25, 0.3) is 5.91 Å². The number of aldehydes is 1. The lowest BCUT2D eigenvalue weighted by molar-refractivity contribution is -0.131. The summed E-state index contributed by atoms with van der Waals surface area (Å²) in [5.74, 6) is -0.717. The van der Waals surface area contributed by atoms with Crippen LogP contribution < -0.4 is 10.6 Å². The molecule has 11 nitrogen and oxygen atoms in total. The molecule has 0 aromatic heterocycles. The lowest BCUT2D eigenvalue weighted by atomic mass is 9.85. The van der Waals surface area contributed by atoms with Gasteiger partial charge in [0.05, 0.1) is 12.6 Å². The number of hydrogen-bond acceptors (Lipinski definition) is 7. The van der Waals surface area contributed by atoms with Crippen LogP contribution in [0.25, 0.3) is 0 Å². The Morgan fingerprint density at radius 2 is 1.93 bits per heavy atom. The molecule has 220 valence electrons. The summed E-state index contributed by atoms with van der Waals surface area (Å²) in [5.41, 5.74) is 0.682. The minimum Gasteiger partial charge on any atom is -0.448 e. The van der Waals surface area contributed by atoms with Crippen LogP contribution in [0.1, 0.15) is 63.9 Å². The molecule has 2 N–H and O–H groups in total. The third-order valence-corrected chi connectivity index (χ3v) is 6.74. The quantitative estimate of drug-likeness (QED) is 0.250. The number of aliphatic imine (C=N–C) groups is 1. The third-order valence-electron chi connectivity index (χ3n) is 6.50. The van der Waals surface area contributed by atoms with E-state index in [0.29, 0.717) is 23.4 Å². The molecule has 0 bridgehead atoms. The largest absolute Gasteiger partial charge is 0.448 e. The monoisotopic (exact) mass is 578 g/mol. The second kappa shape index (κ2) is 18.0. The molecule has 1 aromatic carbocycles. The molecule has 1 saturated carbocycles. The van der Waals surface area contributed by atoms with E-state index in [0.717, 1.165) is 32.1 Å². The zero-order valence-electron chi connectivity index (χ0n) is 23.2. The van der Waals surface area contributed by atoms with Crippen molar-refractivity contribution in [3.05, 3.63) is 34.9 Å². The van der Waals surface area contributed by atoms with Crippen LogP contribution >= 0.6 is 11.6 Å².